The first kappa shape index (κ1) is 14.3. The van der Waals surface area contributed by atoms with Crippen LogP contribution in [0.15, 0.2) is 33.1 Å². The zero-order valence-electron chi connectivity index (χ0n) is 10.0. The number of benzene rings is 1. The van der Waals surface area contributed by atoms with Gasteiger partial charge in [0.1, 0.15) is 0 Å². The Balaban J connectivity index is 1.82. The van der Waals surface area contributed by atoms with Crippen LogP contribution in [0.4, 0.5) is 10.8 Å². The number of thioether (sulfide) groups is 1. The SMILES string of the molecule is CNc1nnc(SCC(=O)Nc2ccc(Br)cc2)s1. The molecule has 0 radical (unpaired) electrons. The molecule has 0 saturated carbocycles. The highest BCUT2D eigenvalue weighted by Crippen LogP contribution is 2.25. The fourth-order valence-electron chi connectivity index (χ4n) is 1.23. The molecule has 100 valence electrons. The molecule has 0 unspecified atom stereocenters. The summed E-state index contributed by atoms with van der Waals surface area (Å²) in [5.74, 6) is 0.252. The summed E-state index contributed by atoms with van der Waals surface area (Å²) < 4.78 is 1.75. The average Bonchev–Trinajstić information content (AvgIpc) is 2.87. The van der Waals surface area contributed by atoms with Crippen LogP contribution in [0.3, 0.4) is 0 Å². The van der Waals surface area contributed by atoms with Gasteiger partial charge in [0, 0.05) is 17.2 Å². The van der Waals surface area contributed by atoms with E-state index >= 15 is 0 Å². The molecule has 5 nitrogen and oxygen atoms in total. The Kier molecular flexibility index (Phi) is 5.17. The van der Waals surface area contributed by atoms with Crippen molar-refractivity contribution in [2.45, 2.75) is 4.34 Å². The number of rotatable bonds is 5. The van der Waals surface area contributed by atoms with Gasteiger partial charge in [-0.15, -0.1) is 10.2 Å². The maximum absolute atomic E-state index is 11.7. The van der Waals surface area contributed by atoms with Gasteiger partial charge in [0.15, 0.2) is 4.34 Å². The number of hydrogen-bond acceptors (Lipinski definition) is 6. The first-order chi connectivity index (χ1) is 9.17. The molecule has 2 N–H and O–H groups in total. The minimum atomic E-state index is -0.0615. The first-order valence-corrected chi connectivity index (χ1v) is 7.96. The van der Waals surface area contributed by atoms with E-state index in [9.17, 15) is 4.79 Å². The number of anilines is 2. The quantitative estimate of drug-likeness (QED) is 0.804. The molecule has 1 heterocycles. The molecule has 2 rings (SSSR count). The van der Waals surface area contributed by atoms with Gasteiger partial charge in [-0.3, -0.25) is 4.79 Å². The highest BCUT2D eigenvalue weighted by atomic mass is 79.9. The van der Waals surface area contributed by atoms with Crippen LogP contribution in [-0.4, -0.2) is 28.9 Å². The van der Waals surface area contributed by atoms with Gasteiger partial charge in [-0.2, -0.15) is 0 Å². The Morgan fingerprint density at radius 3 is 2.74 bits per heavy atom. The zero-order chi connectivity index (χ0) is 13.7. The Bertz CT molecular complexity index is 558. The fourth-order valence-corrected chi connectivity index (χ4v) is 3.00. The fraction of sp³-hybridized carbons (Fsp3) is 0.182. The van der Waals surface area contributed by atoms with Gasteiger partial charge in [-0.1, -0.05) is 39.0 Å². The summed E-state index contributed by atoms with van der Waals surface area (Å²) in [6, 6.07) is 7.45. The average molecular weight is 359 g/mol. The molecule has 1 aromatic heterocycles. The second kappa shape index (κ2) is 6.88. The molecule has 0 aliphatic rings. The summed E-state index contributed by atoms with van der Waals surface area (Å²) in [5.41, 5.74) is 0.780. The summed E-state index contributed by atoms with van der Waals surface area (Å²) in [6.07, 6.45) is 0. The Morgan fingerprint density at radius 2 is 2.11 bits per heavy atom. The predicted molar refractivity (Wildman–Crippen MR) is 83.0 cm³/mol. The number of carbonyl (C=O) groups excluding carboxylic acids is 1. The molecule has 1 amide bonds. The number of nitrogens with one attached hydrogen (secondary N) is 2. The van der Waals surface area contributed by atoms with Crippen molar-refractivity contribution >= 4 is 55.8 Å². The summed E-state index contributed by atoms with van der Waals surface area (Å²) in [5, 5.41) is 14.3. The number of amides is 1. The van der Waals surface area contributed by atoms with Gasteiger partial charge in [0.05, 0.1) is 5.75 Å². The van der Waals surface area contributed by atoms with E-state index in [0.29, 0.717) is 5.75 Å². The number of aromatic nitrogens is 2. The molecular formula is C11H11BrN4OS2. The first-order valence-electron chi connectivity index (χ1n) is 5.37. The van der Waals surface area contributed by atoms with Crippen molar-refractivity contribution in [3.63, 3.8) is 0 Å². The van der Waals surface area contributed by atoms with E-state index in [1.807, 2.05) is 24.3 Å². The van der Waals surface area contributed by atoms with Crippen LogP contribution in [0, 0.1) is 0 Å². The molecule has 0 bridgehead atoms. The number of carbonyl (C=O) groups is 1. The van der Waals surface area contributed by atoms with Crippen molar-refractivity contribution in [1.82, 2.24) is 10.2 Å². The number of nitrogens with zero attached hydrogens (tertiary/aromatic N) is 2. The molecule has 0 spiro atoms. The van der Waals surface area contributed by atoms with Crippen molar-refractivity contribution in [3.8, 4) is 0 Å². The smallest absolute Gasteiger partial charge is 0.234 e. The maximum Gasteiger partial charge on any atom is 0.234 e. The third-order valence-electron chi connectivity index (χ3n) is 2.08. The van der Waals surface area contributed by atoms with E-state index in [1.54, 1.807) is 7.05 Å². The molecular weight excluding hydrogens is 348 g/mol. The van der Waals surface area contributed by atoms with Crippen molar-refractivity contribution in [2.24, 2.45) is 0 Å². The lowest BCUT2D eigenvalue weighted by Gasteiger charge is -2.03. The van der Waals surface area contributed by atoms with Gasteiger partial charge >= 0.3 is 0 Å². The van der Waals surface area contributed by atoms with E-state index in [4.69, 9.17) is 0 Å². The molecule has 8 heteroatoms. The monoisotopic (exact) mass is 358 g/mol. The Hall–Kier alpha value is -1.12. The van der Waals surface area contributed by atoms with Crippen LogP contribution >= 0.6 is 39.0 Å². The lowest BCUT2D eigenvalue weighted by molar-refractivity contribution is -0.113. The van der Waals surface area contributed by atoms with Crippen LogP contribution in [0.25, 0.3) is 0 Å². The van der Waals surface area contributed by atoms with Crippen molar-refractivity contribution in [2.75, 3.05) is 23.4 Å². The van der Waals surface area contributed by atoms with E-state index in [1.165, 1.54) is 23.1 Å². The molecule has 0 aliphatic heterocycles. The molecule has 19 heavy (non-hydrogen) atoms. The van der Waals surface area contributed by atoms with Crippen molar-refractivity contribution in [1.29, 1.82) is 0 Å². The second-order valence-electron chi connectivity index (χ2n) is 3.47. The van der Waals surface area contributed by atoms with Crippen LogP contribution in [-0.2, 0) is 4.79 Å². The van der Waals surface area contributed by atoms with Gasteiger partial charge in [-0.05, 0) is 24.3 Å². The Morgan fingerprint density at radius 1 is 1.37 bits per heavy atom. The van der Waals surface area contributed by atoms with E-state index in [2.05, 4.69) is 36.8 Å². The minimum absolute atomic E-state index is 0.0615. The van der Waals surface area contributed by atoms with E-state index in [-0.39, 0.29) is 5.91 Å². The van der Waals surface area contributed by atoms with Crippen LogP contribution in [0.2, 0.25) is 0 Å². The third kappa shape index (κ3) is 4.48. The maximum atomic E-state index is 11.7. The lowest BCUT2D eigenvalue weighted by Crippen LogP contribution is -2.13. The second-order valence-corrected chi connectivity index (χ2v) is 6.58. The summed E-state index contributed by atoms with van der Waals surface area (Å²) >= 11 is 6.14. The standard InChI is InChI=1S/C11H11BrN4OS2/c1-13-10-15-16-11(19-10)18-6-9(17)14-8-4-2-7(12)3-5-8/h2-5H,6H2,1H3,(H,13,15)(H,14,17). The van der Waals surface area contributed by atoms with Gasteiger partial charge in [0.25, 0.3) is 0 Å². The summed E-state index contributed by atoms with van der Waals surface area (Å²) in [7, 11) is 1.79. The number of hydrogen-bond donors (Lipinski definition) is 2. The molecule has 0 aliphatic carbocycles. The number of halogens is 1. The normalized spacial score (nSPS) is 10.2. The lowest BCUT2D eigenvalue weighted by atomic mass is 10.3. The largest absolute Gasteiger partial charge is 0.363 e. The molecule has 0 saturated heterocycles. The van der Waals surface area contributed by atoms with E-state index in [0.717, 1.165) is 19.6 Å². The van der Waals surface area contributed by atoms with Crippen LogP contribution in [0.5, 0.6) is 0 Å². The summed E-state index contributed by atoms with van der Waals surface area (Å²) in [4.78, 5) is 11.7. The van der Waals surface area contributed by atoms with Crippen molar-refractivity contribution < 1.29 is 4.79 Å². The highest BCUT2D eigenvalue weighted by Gasteiger charge is 2.07. The highest BCUT2D eigenvalue weighted by molar-refractivity contribution is 9.10. The molecule has 1 aromatic carbocycles. The van der Waals surface area contributed by atoms with E-state index < -0.39 is 0 Å². The molecule has 0 fully saturated rings. The predicted octanol–water partition coefficient (Wildman–Crippen LogP) is 3.07. The zero-order valence-corrected chi connectivity index (χ0v) is 13.2. The van der Waals surface area contributed by atoms with Crippen LogP contribution < -0.4 is 10.6 Å². The minimum Gasteiger partial charge on any atom is -0.363 e. The van der Waals surface area contributed by atoms with Gasteiger partial charge in [-0.25, -0.2) is 0 Å². The Labute approximate surface area is 127 Å². The molecule has 0 atom stereocenters. The third-order valence-corrected chi connectivity index (χ3v) is 4.68. The molecule has 2 aromatic rings. The summed E-state index contributed by atoms with van der Waals surface area (Å²) in [6.45, 7) is 0. The van der Waals surface area contributed by atoms with Gasteiger partial charge in [0.2, 0.25) is 11.0 Å². The van der Waals surface area contributed by atoms with Gasteiger partial charge < -0.3 is 10.6 Å². The topological polar surface area (TPSA) is 66.9 Å². The van der Waals surface area contributed by atoms with Crippen molar-refractivity contribution in [3.05, 3.63) is 28.7 Å². The van der Waals surface area contributed by atoms with Crippen LogP contribution in [0.1, 0.15) is 0 Å².